The molecule has 0 aliphatic rings. The van der Waals surface area contributed by atoms with Gasteiger partial charge in [-0.3, -0.25) is 0 Å². The van der Waals surface area contributed by atoms with Crippen LogP contribution >= 0.6 is 44.0 Å². The predicted molar refractivity (Wildman–Crippen MR) is 62.4 cm³/mol. The number of hydrogen-bond donors (Lipinski definition) is 0. The predicted octanol–water partition coefficient (Wildman–Crippen LogP) is 4.13. The fourth-order valence-corrected chi connectivity index (χ4v) is 1.49. The van der Waals surface area contributed by atoms with Crippen LogP contribution in [0.1, 0.15) is 13.3 Å². The van der Waals surface area contributed by atoms with Crippen molar-refractivity contribution in [3.8, 4) is 0 Å². The second kappa shape index (κ2) is 7.21. The highest BCUT2D eigenvalue weighted by Crippen LogP contribution is 2.20. The Morgan fingerprint density at radius 3 is 2.33 bits per heavy atom. The Balaban J connectivity index is 4.49. The summed E-state index contributed by atoms with van der Waals surface area (Å²) in [6, 6.07) is 0. The van der Waals surface area contributed by atoms with Crippen LogP contribution < -0.4 is 0 Å². The molecule has 0 bridgehead atoms. The fraction of sp³-hybridized carbons (Fsp3) is 0.500. The van der Waals surface area contributed by atoms with Gasteiger partial charge in [0.05, 0.1) is 5.03 Å². The molecule has 0 aromatic rings. The highest BCUT2D eigenvalue weighted by Gasteiger charge is 1.98. The Hall–Kier alpha value is 0.780. The molecular formula is C8H12Cl3P. The molecule has 0 rings (SSSR count). The molecule has 0 aliphatic carbocycles. The molecule has 0 fully saturated rings. The van der Waals surface area contributed by atoms with Crippen LogP contribution in [0.4, 0.5) is 0 Å². The molecule has 0 aromatic heterocycles. The molecule has 0 N–H and O–H groups in total. The first-order chi connectivity index (χ1) is 5.65. The topological polar surface area (TPSA) is 0 Å². The summed E-state index contributed by atoms with van der Waals surface area (Å²) in [5.41, 5.74) is 1.10. The van der Waals surface area contributed by atoms with Crippen LogP contribution in [0.25, 0.3) is 0 Å². The first-order valence-corrected chi connectivity index (χ1v) is 5.76. The Morgan fingerprint density at radius 2 is 2.00 bits per heavy atom. The molecule has 1 atom stereocenters. The van der Waals surface area contributed by atoms with Gasteiger partial charge < -0.3 is 0 Å². The normalized spacial score (nSPS) is 14.6. The maximum atomic E-state index is 5.88. The lowest BCUT2D eigenvalue weighted by Crippen LogP contribution is -1.84. The average molecular weight is 246 g/mol. The van der Waals surface area contributed by atoms with Crippen LogP contribution in [0.5, 0.6) is 0 Å². The van der Waals surface area contributed by atoms with E-state index in [0.717, 1.165) is 12.0 Å². The quantitative estimate of drug-likeness (QED) is 0.397. The summed E-state index contributed by atoms with van der Waals surface area (Å²) in [7, 11) is 2.52. The van der Waals surface area contributed by atoms with E-state index in [-0.39, 0.29) is 0 Å². The lowest BCUT2D eigenvalue weighted by Gasteiger charge is -1.99. The summed E-state index contributed by atoms with van der Waals surface area (Å²) >= 11 is 17.4. The van der Waals surface area contributed by atoms with Gasteiger partial charge in [0.15, 0.2) is 0 Å². The lowest BCUT2D eigenvalue weighted by molar-refractivity contribution is 1.10. The van der Waals surface area contributed by atoms with E-state index in [4.69, 9.17) is 34.8 Å². The van der Waals surface area contributed by atoms with Crippen LogP contribution in [0.2, 0.25) is 0 Å². The van der Waals surface area contributed by atoms with Gasteiger partial charge in [0, 0.05) is 10.9 Å². The third-order valence-corrected chi connectivity index (χ3v) is 3.20. The Morgan fingerprint density at radius 1 is 1.42 bits per heavy atom. The van der Waals surface area contributed by atoms with Crippen molar-refractivity contribution in [1.82, 2.24) is 0 Å². The van der Waals surface area contributed by atoms with Gasteiger partial charge in [0.2, 0.25) is 0 Å². The first kappa shape index (κ1) is 12.8. The van der Waals surface area contributed by atoms with Gasteiger partial charge in [-0.05, 0) is 18.7 Å². The lowest BCUT2D eigenvalue weighted by atomic mass is 10.2. The Labute approximate surface area is 91.2 Å². The number of alkyl halides is 1. The largest absolute Gasteiger partial charge is 0.132 e. The molecule has 0 saturated heterocycles. The second-order valence-electron chi connectivity index (χ2n) is 2.25. The molecule has 0 nitrogen and oxygen atoms in total. The number of allylic oxidation sites excluding steroid dienone is 4. The third-order valence-electron chi connectivity index (χ3n) is 1.39. The zero-order valence-corrected chi connectivity index (χ0v) is 10.3. The summed E-state index contributed by atoms with van der Waals surface area (Å²) < 4.78 is 0. The molecule has 0 heterocycles. The van der Waals surface area contributed by atoms with Crippen LogP contribution in [0.15, 0.2) is 21.7 Å². The monoisotopic (exact) mass is 244 g/mol. The molecule has 4 heteroatoms. The maximum Gasteiger partial charge on any atom is 0.0554 e. The van der Waals surface area contributed by atoms with E-state index < -0.39 is 0 Å². The summed E-state index contributed by atoms with van der Waals surface area (Å²) in [4.78, 5) is 0. The van der Waals surface area contributed by atoms with Crippen LogP contribution in [-0.2, 0) is 0 Å². The van der Waals surface area contributed by atoms with Gasteiger partial charge in [0.25, 0.3) is 0 Å². The molecule has 70 valence electrons. The van der Waals surface area contributed by atoms with E-state index in [1.54, 1.807) is 0 Å². The van der Waals surface area contributed by atoms with Crippen molar-refractivity contribution in [3.05, 3.63) is 21.7 Å². The molecule has 0 radical (unpaired) electrons. The summed E-state index contributed by atoms with van der Waals surface area (Å²) in [6.45, 7) is 2.03. The maximum absolute atomic E-state index is 5.88. The van der Waals surface area contributed by atoms with Crippen molar-refractivity contribution < 1.29 is 0 Å². The van der Waals surface area contributed by atoms with E-state index in [9.17, 15) is 0 Å². The van der Waals surface area contributed by atoms with E-state index in [2.05, 4.69) is 9.24 Å². The first-order valence-electron chi connectivity index (χ1n) is 3.65. The Bertz CT molecular complexity index is 190. The zero-order valence-electron chi connectivity index (χ0n) is 6.91. The molecular weight excluding hydrogens is 233 g/mol. The van der Waals surface area contributed by atoms with E-state index in [0.29, 0.717) is 22.1 Å². The minimum absolute atomic E-state index is 0.508. The zero-order chi connectivity index (χ0) is 9.56. The van der Waals surface area contributed by atoms with Crippen molar-refractivity contribution in [1.29, 1.82) is 0 Å². The van der Waals surface area contributed by atoms with Crippen molar-refractivity contribution in [2.45, 2.75) is 13.3 Å². The van der Waals surface area contributed by atoms with E-state index >= 15 is 0 Å². The Kier molecular flexibility index (Phi) is 7.68. The van der Waals surface area contributed by atoms with Gasteiger partial charge >= 0.3 is 0 Å². The van der Waals surface area contributed by atoms with Crippen molar-refractivity contribution in [2.24, 2.45) is 0 Å². The molecule has 0 spiro atoms. The van der Waals surface area contributed by atoms with Crippen LogP contribution in [-0.4, -0.2) is 12.0 Å². The molecule has 0 aliphatic heterocycles. The fourth-order valence-electron chi connectivity index (χ4n) is 0.590. The minimum atomic E-state index is 0.508. The highest BCUT2D eigenvalue weighted by molar-refractivity contribution is 7.17. The van der Waals surface area contributed by atoms with Crippen molar-refractivity contribution in [3.63, 3.8) is 0 Å². The summed E-state index contributed by atoms with van der Waals surface area (Å²) in [5, 5.41) is 1.24. The number of hydrogen-bond acceptors (Lipinski definition) is 0. The van der Waals surface area contributed by atoms with Crippen LogP contribution in [0.3, 0.4) is 0 Å². The standard InChI is InChI=1S/C8H12Cl3P/c1-2-6(4-9)3-7(10)8(11)5-12/h3H,2,4-5,12H2,1H3. The second-order valence-corrected chi connectivity index (χ2v) is 3.79. The smallest absolute Gasteiger partial charge is 0.0554 e. The van der Waals surface area contributed by atoms with Crippen molar-refractivity contribution in [2.75, 3.05) is 12.0 Å². The SMILES string of the molecule is CCC(=CC(Cl)=C(Cl)CP)CCl. The highest BCUT2D eigenvalue weighted by atomic mass is 35.5. The van der Waals surface area contributed by atoms with Gasteiger partial charge in [0.1, 0.15) is 0 Å². The molecule has 0 aromatic carbocycles. The third kappa shape index (κ3) is 4.72. The van der Waals surface area contributed by atoms with Gasteiger partial charge in [-0.1, -0.05) is 35.7 Å². The van der Waals surface area contributed by atoms with E-state index in [1.165, 1.54) is 0 Å². The van der Waals surface area contributed by atoms with Crippen LogP contribution in [0, 0.1) is 0 Å². The molecule has 0 amide bonds. The number of rotatable bonds is 4. The molecule has 0 saturated carbocycles. The van der Waals surface area contributed by atoms with Gasteiger partial charge in [-0.25, -0.2) is 0 Å². The molecule has 1 unspecified atom stereocenters. The molecule has 12 heavy (non-hydrogen) atoms. The van der Waals surface area contributed by atoms with Crippen molar-refractivity contribution >= 4 is 44.0 Å². The summed E-state index contributed by atoms with van der Waals surface area (Å²) in [5.74, 6) is 0.508. The minimum Gasteiger partial charge on any atom is -0.132 e. The average Bonchev–Trinajstić information content (AvgIpc) is 2.12. The summed E-state index contributed by atoms with van der Waals surface area (Å²) in [6.07, 6.45) is 3.41. The number of halogens is 3. The van der Waals surface area contributed by atoms with E-state index in [1.807, 2.05) is 13.0 Å². The van der Waals surface area contributed by atoms with Gasteiger partial charge in [-0.15, -0.1) is 20.8 Å². The van der Waals surface area contributed by atoms with Gasteiger partial charge in [-0.2, -0.15) is 0 Å².